The molecule has 0 saturated heterocycles. The second-order valence-corrected chi connectivity index (χ2v) is 7.78. The molecule has 1 N–H and O–H groups in total. The summed E-state index contributed by atoms with van der Waals surface area (Å²) in [4.78, 5) is 13.1. The number of H-pyrrole nitrogens is 1. The Morgan fingerprint density at radius 1 is 1.07 bits per heavy atom. The molecule has 3 aromatic heterocycles. The van der Waals surface area contributed by atoms with Crippen molar-refractivity contribution in [1.29, 1.82) is 0 Å². The lowest BCUT2D eigenvalue weighted by atomic mass is 10.2. The van der Waals surface area contributed by atoms with Gasteiger partial charge in [0.25, 0.3) is 0 Å². The second kappa shape index (κ2) is 7.22. The minimum absolute atomic E-state index is 0.527. The highest BCUT2D eigenvalue weighted by atomic mass is 35.5. The zero-order chi connectivity index (χ0) is 18.9. The molecule has 0 bridgehead atoms. The molecule has 5 nitrogen and oxygen atoms in total. The Morgan fingerprint density at radius 3 is 2.71 bits per heavy atom. The zero-order valence-electron chi connectivity index (χ0n) is 14.8. The van der Waals surface area contributed by atoms with Gasteiger partial charge in [0.1, 0.15) is 10.8 Å². The number of benzene rings is 2. The van der Waals surface area contributed by atoms with Gasteiger partial charge in [0.05, 0.1) is 39.6 Å². The number of rotatable bonds is 5. The Bertz CT molecular complexity index is 1150. The number of para-hydroxylation sites is 3. The molecule has 2 aromatic carbocycles. The quantitative estimate of drug-likeness (QED) is 0.409. The molecule has 0 atom stereocenters. The molecule has 28 heavy (non-hydrogen) atoms. The van der Waals surface area contributed by atoms with Crippen molar-refractivity contribution in [3.8, 4) is 0 Å². The van der Waals surface area contributed by atoms with E-state index in [9.17, 15) is 0 Å². The molecule has 7 heteroatoms. The lowest BCUT2D eigenvalue weighted by molar-refractivity contribution is 0.664. The number of thiazole rings is 1. The molecule has 5 rings (SSSR count). The number of nitrogens with zero attached hydrogens (tertiary/aromatic N) is 4. The van der Waals surface area contributed by atoms with E-state index in [-0.39, 0.29) is 0 Å². The molecule has 0 saturated carbocycles. The summed E-state index contributed by atoms with van der Waals surface area (Å²) in [6, 6.07) is 16.2. The highest BCUT2D eigenvalue weighted by Gasteiger charge is 2.15. The third-order valence-corrected chi connectivity index (χ3v) is 5.69. The molecule has 0 unspecified atom stereocenters. The van der Waals surface area contributed by atoms with Crippen molar-refractivity contribution in [2.45, 2.75) is 6.54 Å². The summed E-state index contributed by atoms with van der Waals surface area (Å²) < 4.78 is 2.99. The second-order valence-electron chi connectivity index (χ2n) is 6.37. The number of aromatic nitrogens is 5. The molecule has 5 aromatic rings. The maximum absolute atomic E-state index is 5.83. The number of alkyl halides is 1. The van der Waals surface area contributed by atoms with Crippen molar-refractivity contribution in [2.24, 2.45) is 0 Å². The third-order valence-electron chi connectivity index (χ3n) is 4.45. The highest BCUT2D eigenvalue weighted by molar-refractivity contribution is 7.19. The minimum atomic E-state index is 0.527. The van der Waals surface area contributed by atoms with E-state index in [0.29, 0.717) is 12.4 Å². The number of nitrogens with one attached hydrogen (secondary N) is 1. The predicted octanol–water partition coefficient (Wildman–Crippen LogP) is 5.20. The van der Waals surface area contributed by atoms with Gasteiger partial charge < -0.3 is 4.98 Å². The van der Waals surface area contributed by atoms with Crippen molar-refractivity contribution in [3.63, 3.8) is 0 Å². The molecular weight excluding hydrogens is 390 g/mol. The van der Waals surface area contributed by atoms with E-state index in [1.54, 1.807) is 11.3 Å². The third kappa shape index (κ3) is 3.21. The number of fused-ring (bicyclic) bond motifs is 2. The van der Waals surface area contributed by atoms with E-state index in [1.807, 2.05) is 59.5 Å². The van der Waals surface area contributed by atoms with Gasteiger partial charge in [-0.3, -0.25) is 4.68 Å². The van der Waals surface area contributed by atoms with Crippen LogP contribution >= 0.6 is 22.9 Å². The molecule has 138 valence electrons. The van der Waals surface area contributed by atoms with Crippen LogP contribution in [-0.2, 0) is 6.54 Å². The van der Waals surface area contributed by atoms with E-state index < -0.39 is 0 Å². The number of hydrogen-bond donors (Lipinski definition) is 1. The molecule has 0 amide bonds. The van der Waals surface area contributed by atoms with E-state index in [4.69, 9.17) is 21.6 Å². The fraction of sp³-hybridized carbons (Fsp3) is 0.0952. The van der Waals surface area contributed by atoms with Crippen molar-refractivity contribution < 1.29 is 0 Å². The molecule has 0 aliphatic rings. The Labute approximate surface area is 170 Å². The van der Waals surface area contributed by atoms with Crippen LogP contribution in [0.4, 0.5) is 0 Å². The fourth-order valence-electron chi connectivity index (χ4n) is 3.13. The fourth-order valence-corrected chi connectivity index (χ4v) is 4.28. The first-order chi connectivity index (χ1) is 13.8. The summed E-state index contributed by atoms with van der Waals surface area (Å²) in [5.74, 6) is 1.32. The van der Waals surface area contributed by atoms with Crippen LogP contribution in [0.1, 0.15) is 16.4 Å². The number of hydrogen-bond acceptors (Lipinski definition) is 4. The molecule has 3 heterocycles. The first-order valence-corrected chi connectivity index (χ1v) is 10.3. The van der Waals surface area contributed by atoms with Gasteiger partial charge in [-0.15, -0.1) is 22.9 Å². The van der Waals surface area contributed by atoms with Gasteiger partial charge in [-0.25, -0.2) is 9.97 Å². The zero-order valence-corrected chi connectivity index (χ0v) is 16.4. The Morgan fingerprint density at radius 2 is 1.89 bits per heavy atom. The smallest absolute Gasteiger partial charge is 0.141 e. The van der Waals surface area contributed by atoms with Gasteiger partial charge in [-0.05, 0) is 30.3 Å². The monoisotopic (exact) mass is 405 g/mol. The van der Waals surface area contributed by atoms with Crippen LogP contribution in [0.25, 0.3) is 32.9 Å². The van der Waals surface area contributed by atoms with Gasteiger partial charge in [0.2, 0.25) is 0 Å². The first kappa shape index (κ1) is 17.2. The molecule has 0 aliphatic heterocycles. The largest absolute Gasteiger partial charge is 0.338 e. The van der Waals surface area contributed by atoms with Gasteiger partial charge in [0, 0.05) is 17.6 Å². The first-order valence-electron chi connectivity index (χ1n) is 8.91. The molecule has 0 fully saturated rings. The Hall–Kier alpha value is -2.96. The number of aromatic amines is 1. The van der Waals surface area contributed by atoms with Crippen LogP contribution in [0, 0.1) is 0 Å². The van der Waals surface area contributed by atoms with Crippen molar-refractivity contribution >= 4 is 55.8 Å². The summed E-state index contributed by atoms with van der Waals surface area (Å²) >= 11 is 7.49. The normalized spacial score (nSPS) is 12.2. The van der Waals surface area contributed by atoms with Gasteiger partial charge in [-0.2, -0.15) is 5.10 Å². The van der Waals surface area contributed by atoms with E-state index in [1.165, 1.54) is 0 Å². The SMILES string of the molecule is ClCCn1cc(C=C(c2nc3ccccc3[nH]2)c2nc3ccccc3s2)cn1. The summed E-state index contributed by atoms with van der Waals surface area (Å²) in [5.41, 5.74) is 4.86. The summed E-state index contributed by atoms with van der Waals surface area (Å²) in [6.07, 6.45) is 5.90. The van der Waals surface area contributed by atoms with Crippen LogP contribution < -0.4 is 0 Å². The van der Waals surface area contributed by atoms with E-state index in [0.717, 1.165) is 43.2 Å². The van der Waals surface area contributed by atoms with Crippen LogP contribution in [-0.4, -0.2) is 30.6 Å². The standard InChI is InChI=1S/C21H16ClN5S/c22-9-10-27-13-14(12-23-27)11-15(20-24-16-5-1-2-6-17(16)25-20)21-26-18-7-3-4-8-19(18)28-21/h1-8,11-13H,9-10H2,(H,24,25). The average Bonchev–Trinajstić information content (AvgIpc) is 3.43. The topological polar surface area (TPSA) is 59.4 Å². The number of aryl methyl sites for hydroxylation is 1. The van der Waals surface area contributed by atoms with Crippen LogP contribution in [0.3, 0.4) is 0 Å². The summed E-state index contributed by atoms with van der Waals surface area (Å²) in [5, 5.41) is 5.29. The maximum atomic E-state index is 5.83. The Balaban J connectivity index is 1.67. The lowest BCUT2D eigenvalue weighted by Crippen LogP contribution is -1.98. The molecular formula is C21H16ClN5S. The van der Waals surface area contributed by atoms with Gasteiger partial charge in [-0.1, -0.05) is 24.3 Å². The molecule has 0 radical (unpaired) electrons. The van der Waals surface area contributed by atoms with Crippen molar-refractivity contribution in [3.05, 3.63) is 77.3 Å². The molecule has 0 aliphatic carbocycles. The highest BCUT2D eigenvalue weighted by Crippen LogP contribution is 2.32. The van der Waals surface area contributed by atoms with Gasteiger partial charge >= 0.3 is 0 Å². The summed E-state index contributed by atoms with van der Waals surface area (Å²) in [7, 11) is 0. The Kier molecular flexibility index (Phi) is 4.43. The summed E-state index contributed by atoms with van der Waals surface area (Å²) in [6.45, 7) is 0.677. The van der Waals surface area contributed by atoms with Crippen LogP contribution in [0.2, 0.25) is 0 Å². The van der Waals surface area contributed by atoms with Crippen LogP contribution in [0.5, 0.6) is 0 Å². The van der Waals surface area contributed by atoms with Gasteiger partial charge in [0.15, 0.2) is 0 Å². The molecule has 0 spiro atoms. The number of imidazole rings is 1. The lowest BCUT2D eigenvalue weighted by Gasteiger charge is -2.00. The van der Waals surface area contributed by atoms with E-state index in [2.05, 4.69) is 22.2 Å². The number of halogens is 1. The average molecular weight is 406 g/mol. The van der Waals surface area contributed by atoms with E-state index >= 15 is 0 Å². The van der Waals surface area contributed by atoms with Crippen LogP contribution in [0.15, 0.2) is 60.9 Å². The van der Waals surface area contributed by atoms with Crippen molar-refractivity contribution in [2.75, 3.05) is 5.88 Å². The van der Waals surface area contributed by atoms with Crippen molar-refractivity contribution in [1.82, 2.24) is 24.7 Å². The minimum Gasteiger partial charge on any atom is -0.338 e. The predicted molar refractivity (Wildman–Crippen MR) is 116 cm³/mol. The maximum Gasteiger partial charge on any atom is 0.141 e.